The van der Waals surface area contributed by atoms with E-state index in [0.717, 1.165) is 29.4 Å². The number of carbonyl (C=O) groups is 1. The molecule has 1 aliphatic rings. The van der Waals surface area contributed by atoms with Crippen molar-refractivity contribution in [3.05, 3.63) is 33.8 Å². The van der Waals surface area contributed by atoms with Crippen LogP contribution in [-0.2, 0) is 0 Å². The van der Waals surface area contributed by atoms with E-state index < -0.39 is 0 Å². The molecule has 20 heavy (non-hydrogen) atoms. The van der Waals surface area contributed by atoms with Crippen molar-refractivity contribution in [1.29, 1.82) is 0 Å². The van der Waals surface area contributed by atoms with E-state index in [4.69, 9.17) is 0 Å². The number of nitrogens with one attached hydrogen (secondary N) is 1. The van der Waals surface area contributed by atoms with Crippen LogP contribution in [-0.4, -0.2) is 48.2 Å². The average molecular weight is 341 g/mol. The fourth-order valence-electron chi connectivity index (χ4n) is 2.58. The number of amides is 1. The Kier molecular flexibility index (Phi) is 5.57. The Morgan fingerprint density at radius 1 is 1.55 bits per heavy atom. The molecule has 4 nitrogen and oxygen atoms in total. The number of halogens is 1. The lowest BCUT2D eigenvalue weighted by Gasteiger charge is -2.26. The van der Waals surface area contributed by atoms with Gasteiger partial charge in [0, 0.05) is 29.2 Å². The minimum Gasteiger partial charge on any atom is -0.395 e. The lowest BCUT2D eigenvalue weighted by Crippen LogP contribution is -2.42. The highest BCUT2D eigenvalue weighted by atomic mass is 79.9. The van der Waals surface area contributed by atoms with Crippen LogP contribution in [0, 0.1) is 6.92 Å². The van der Waals surface area contributed by atoms with E-state index in [1.54, 1.807) is 4.90 Å². The van der Waals surface area contributed by atoms with Crippen molar-refractivity contribution in [3.8, 4) is 0 Å². The first-order valence-corrected chi connectivity index (χ1v) is 7.81. The minimum atomic E-state index is -0.00842. The molecule has 0 bridgehead atoms. The van der Waals surface area contributed by atoms with Gasteiger partial charge in [-0.25, -0.2) is 0 Å². The Morgan fingerprint density at radius 2 is 2.35 bits per heavy atom. The van der Waals surface area contributed by atoms with Crippen LogP contribution in [0.25, 0.3) is 0 Å². The van der Waals surface area contributed by atoms with Gasteiger partial charge in [0.2, 0.25) is 0 Å². The van der Waals surface area contributed by atoms with Gasteiger partial charge >= 0.3 is 0 Å². The number of benzene rings is 1. The molecule has 5 heteroatoms. The average Bonchev–Trinajstić information content (AvgIpc) is 2.94. The zero-order chi connectivity index (χ0) is 14.5. The van der Waals surface area contributed by atoms with E-state index in [-0.39, 0.29) is 12.5 Å². The molecule has 1 aromatic rings. The Morgan fingerprint density at radius 3 is 3.00 bits per heavy atom. The highest BCUT2D eigenvalue weighted by Crippen LogP contribution is 2.21. The van der Waals surface area contributed by atoms with Crippen molar-refractivity contribution in [2.24, 2.45) is 0 Å². The highest BCUT2D eigenvalue weighted by molar-refractivity contribution is 9.10. The van der Waals surface area contributed by atoms with Gasteiger partial charge in [-0.2, -0.15) is 0 Å². The van der Waals surface area contributed by atoms with Crippen molar-refractivity contribution in [2.75, 3.05) is 26.2 Å². The summed E-state index contributed by atoms with van der Waals surface area (Å²) in [7, 11) is 0. The van der Waals surface area contributed by atoms with Crippen molar-refractivity contribution in [2.45, 2.75) is 25.8 Å². The summed E-state index contributed by atoms with van der Waals surface area (Å²) in [4.78, 5) is 14.4. The van der Waals surface area contributed by atoms with E-state index in [2.05, 4.69) is 21.2 Å². The van der Waals surface area contributed by atoms with Gasteiger partial charge in [0.1, 0.15) is 0 Å². The Balaban J connectivity index is 2.14. The van der Waals surface area contributed by atoms with Gasteiger partial charge in [0.25, 0.3) is 5.91 Å². The number of hydrogen-bond acceptors (Lipinski definition) is 3. The second-order valence-electron chi connectivity index (χ2n) is 5.18. The number of nitrogens with zero attached hydrogens (tertiary/aromatic N) is 1. The molecule has 1 atom stereocenters. The van der Waals surface area contributed by atoms with E-state index in [0.29, 0.717) is 24.7 Å². The number of carbonyl (C=O) groups excluding carboxylic acids is 1. The van der Waals surface area contributed by atoms with Gasteiger partial charge in [-0.05, 0) is 44.0 Å². The van der Waals surface area contributed by atoms with Crippen LogP contribution >= 0.6 is 15.9 Å². The SMILES string of the molecule is Cc1c(Br)cccc1C(=O)N(CCO)CC1CCCN1. The lowest BCUT2D eigenvalue weighted by molar-refractivity contribution is 0.0706. The first-order chi connectivity index (χ1) is 9.63. The summed E-state index contributed by atoms with van der Waals surface area (Å²) in [6, 6.07) is 5.99. The molecule has 0 aliphatic carbocycles. The van der Waals surface area contributed by atoms with E-state index >= 15 is 0 Å². The summed E-state index contributed by atoms with van der Waals surface area (Å²) >= 11 is 3.46. The molecule has 0 radical (unpaired) electrons. The van der Waals surface area contributed by atoms with Crippen molar-refractivity contribution in [1.82, 2.24) is 10.2 Å². The number of rotatable bonds is 5. The van der Waals surface area contributed by atoms with Crippen LogP contribution in [0.4, 0.5) is 0 Å². The highest BCUT2D eigenvalue weighted by Gasteiger charge is 2.23. The van der Waals surface area contributed by atoms with Crippen molar-refractivity contribution < 1.29 is 9.90 Å². The van der Waals surface area contributed by atoms with Gasteiger partial charge < -0.3 is 15.3 Å². The molecule has 1 aliphatic heterocycles. The molecule has 1 unspecified atom stereocenters. The molecular weight excluding hydrogens is 320 g/mol. The smallest absolute Gasteiger partial charge is 0.254 e. The zero-order valence-corrected chi connectivity index (χ0v) is 13.3. The standard InChI is InChI=1S/C15H21BrN2O2/c1-11-13(5-2-6-14(11)16)15(20)18(8-9-19)10-12-4-3-7-17-12/h2,5-6,12,17,19H,3-4,7-10H2,1H3. The molecule has 1 aromatic carbocycles. The molecule has 1 saturated heterocycles. The molecule has 110 valence electrons. The summed E-state index contributed by atoms with van der Waals surface area (Å²) < 4.78 is 0.936. The third-order valence-corrected chi connectivity index (χ3v) is 4.62. The number of hydrogen-bond donors (Lipinski definition) is 2. The maximum absolute atomic E-state index is 12.7. The fourth-order valence-corrected chi connectivity index (χ4v) is 2.95. The molecule has 0 saturated carbocycles. The van der Waals surface area contributed by atoms with E-state index in [1.165, 1.54) is 0 Å². The molecule has 1 heterocycles. The number of aliphatic hydroxyl groups is 1. The first kappa shape index (κ1) is 15.5. The topological polar surface area (TPSA) is 52.6 Å². The van der Waals surface area contributed by atoms with Gasteiger partial charge in [-0.15, -0.1) is 0 Å². The Bertz CT molecular complexity index is 473. The van der Waals surface area contributed by atoms with Crippen LogP contribution in [0.1, 0.15) is 28.8 Å². The maximum Gasteiger partial charge on any atom is 0.254 e. The molecular formula is C15H21BrN2O2. The zero-order valence-electron chi connectivity index (χ0n) is 11.7. The van der Waals surface area contributed by atoms with Crippen molar-refractivity contribution in [3.63, 3.8) is 0 Å². The molecule has 2 N–H and O–H groups in total. The predicted octanol–water partition coefficient (Wildman–Crippen LogP) is 1.94. The van der Waals surface area contributed by atoms with Crippen LogP contribution in [0.15, 0.2) is 22.7 Å². The van der Waals surface area contributed by atoms with Crippen LogP contribution in [0.5, 0.6) is 0 Å². The second kappa shape index (κ2) is 7.20. The quantitative estimate of drug-likeness (QED) is 0.861. The molecule has 2 rings (SSSR count). The molecule has 0 spiro atoms. The first-order valence-electron chi connectivity index (χ1n) is 7.02. The summed E-state index contributed by atoms with van der Waals surface area (Å²) in [6.45, 7) is 3.98. The minimum absolute atomic E-state index is 0.00782. The Hall–Kier alpha value is -0.910. The fraction of sp³-hybridized carbons (Fsp3) is 0.533. The van der Waals surface area contributed by atoms with Gasteiger partial charge in [-0.3, -0.25) is 4.79 Å². The molecule has 1 fully saturated rings. The lowest BCUT2D eigenvalue weighted by atomic mass is 10.1. The largest absolute Gasteiger partial charge is 0.395 e. The summed E-state index contributed by atoms with van der Waals surface area (Å²) in [6.07, 6.45) is 2.24. The van der Waals surface area contributed by atoms with Gasteiger partial charge in [0.05, 0.1) is 6.61 Å². The summed E-state index contributed by atoms with van der Waals surface area (Å²) in [5.74, 6) is -0.00782. The third-order valence-electron chi connectivity index (χ3n) is 3.76. The molecule has 0 aromatic heterocycles. The Labute approximate surface area is 128 Å². The second-order valence-corrected chi connectivity index (χ2v) is 6.03. The van der Waals surface area contributed by atoms with Crippen molar-refractivity contribution >= 4 is 21.8 Å². The maximum atomic E-state index is 12.7. The number of aliphatic hydroxyl groups excluding tert-OH is 1. The third kappa shape index (κ3) is 3.59. The molecule has 1 amide bonds. The van der Waals surface area contributed by atoms with Gasteiger partial charge in [-0.1, -0.05) is 22.0 Å². The predicted molar refractivity (Wildman–Crippen MR) is 82.9 cm³/mol. The van der Waals surface area contributed by atoms with Gasteiger partial charge in [0.15, 0.2) is 0 Å². The van der Waals surface area contributed by atoms with Crippen LogP contribution in [0.2, 0.25) is 0 Å². The monoisotopic (exact) mass is 340 g/mol. The van der Waals surface area contributed by atoms with Crippen LogP contribution in [0.3, 0.4) is 0 Å². The summed E-state index contributed by atoms with van der Waals surface area (Å²) in [5, 5.41) is 12.6. The van der Waals surface area contributed by atoms with Crippen LogP contribution < -0.4 is 5.32 Å². The van der Waals surface area contributed by atoms with E-state index in [9.17, 15) is 9.90 Å². The normalized spacial score (nSPS) is 18.2. The summed E-state index contributed by atoms with van der Waals surface area (Å²) in [5.41, 5.74) is 1.64. The van der Waals surface area contributed by atoms with E-state index in [1.807, 2.05) is 25.1 Å².